The first-order valence-corrected chi connectivity index (χ1v) is 7.39. The number of aromatic nitrogens is 1. The molecule has 2 rings (SSSR count). The van der Waals surface area contributed by atoms with E-state index in [1.807, 2.05) is 12.3 Å². The Labute approximate surface area is 128 Å². The minimum atomic E-state index is 0.610. The van der Waals surface area contributed by atoms with Gasteiger partial charge in [0.15, 0.2) is 0 Å². The molecule has 0 saturated carbocycles. The largest absolute Gasteiger partial charge is 0.495 e. The van der Waals surface area contributed by atoms with E-state index in [0.717, 1.165) is 20.9 Å². The van der Waals surface area contributed by atoms with Crippen molar-refractivity contribution in [1.82, 2.24) is 4.98 Å². The number of anilines is 1. The maximum atomic E-state index is 6.00. The molecule has 100 valence electrons. The van der Waals surface area contributed by atoms with E-state index in [9.17, 15) is 0 Å². The number of benzene rings is 1. The van der Waals surface area contributed by atoms with Gasteiger partial charge in [-0.3, -0.25) is 5.43 Å². The summed E-state index contributed by atoms with van der Waals surface area (Å²) in [5.74, 6) is 0.685. The fourth-order valence-corrected chi connectivity index (χ4v) is 3.09. The third-order valence-electron chi connectivity index (χ3n) is 2.22. The van der Waals surface area contributed by atoms with Crippen LogP contribution in [0.2, 0.25) is 5.02 Å². The first-order valence-electron chi connectivity index (χ1n) is 5.34. The summed E-state index contributed by atoms with van der Waals surface area (Å²) in [6, 6.07) is 3.55. The van der Waals surface area contributed by atoms with Crippen molar-refractivity contribution in [3.8, 4) is 5.75 Å². The van der Waals surface area contributed by atoms with Gasteiger partial charge in [-0.05, 0) is 35.0 Å². The van der Waals surface area contributed by atoms with Crippen molar-refractivity contribution < 1.29 is 4.74 Å². The van der Waals surface area contributed by atoms with Gasteiger partial charge in [0.1, 0.15) is 5.75 Å². The number of halogens is 2. The highest BCUT2D eigenvalue weighted by atomic mass is 79.9. The molecule has 0 bridgehead atoms. The summed E-state index contributed by atoms with van der Waals surface area (Å²) >= 11 is 10.9. The Bertz CT molecular complexity index is 615. The average molecular weight is 361 g/mol. The SMILES string of the molecule is COc1c(Br)cc(Cl)cc1C=NNc1nc(C)cs1. The molecule has 1 aromatic carbocycles. The van der Waals surface area contributed by atoms with Crippen LogP contribution in [-0.2, 0) is 0 Å². The molecule has 0 radical (unpaired) electrons. The second kappa shape index (κ2) is 6.36. The van der Waals surface area contributed by atoms with Gasteiger partial charge in [-0.1, -0.05) is 11.6 Å². The molecule has 0 unspecified atom stereocenters. The second-order valence-corrected chi connectivity index (χ2v) is 5.82. The van der Waals surface area contributed by atoms with Gasteiger partial charge in [0, 0.05) is 16.0 Å². The van der Waals surface area contributed by atoms with Gasteiger partial charge in [0.25, 0.3) is 0 Å². The van der Waals surface area contributed by atoms with Crippen molar-refractivity contribution in [1.29, 1.82) is 0 Å². The van der Waals surface area contributed by atoms with Crippen LogP contribution in [0.5, 0.6) is 5.75 Å². The van der Waals surface area contributed by atoms with Crippen LogP contribution in [0.25, 0.3) is 0 Å². The topological polar surface area (TPSA) is 46.5 Å². The minimum absolute atomic E-state index is 0.610. The van der Waals surface area contributed by atoms with E-state index in [2.05, 4.69) is 31.4 Å². The van der Waals surface area contributed by atoms with E-state index < -0.39 is 0 Å². The van der Waals surface area contributed by atoms with Crippen molar-refractivity contribution in [2.45, 2.75) is 6.92 Å². The lowest BCUT2D eigenvalue weighted by molar-refractivity contribution is 0.411. The Kier molecular flexibility index (Phi) is 4.79. The smallest absolute Gasteiger partial charge is 0.203 e. The molecule has 0 fully saturated rings. The molecule has 0 aliphatic rings. The predicted octanol–water partition coefficient (Wildman–Crippen LogP) is 4.32. The molecular weight excluding hydrogens is 350 g/mol. The van der Waals surface area contributed by atoms with Crippen molar-refractivity contribution in [2.75, 3.05) is 12.5 Å². The third kappa shape index (κ3) is 3.68. The van der Waals surface area contributed by atoms with Crippen LogP contribution >= 0.6 is 38.9 Å². The van der Waals surface area contributed by atoms with Crippen LogP contribution in [-0.4, -0.2) is 18.3 Å². The van der Waals surface area contributed by atoms with Crippen LogP contribution in [0, 0.1) is 6.92 Å². The predicted molar refractivity (Wildman–Crippen MR) is 83.8 cm³/mol. The van der Waals surface area contributed by atoms with Crippen molar-refractivity contribution in [3.05, 3.63) is 38.3 Å². The monoisotopic (exact) mass is 359 g/mol. The summed E-state index contributed by atoms with van der Waals surface area (Å²) in [5.41, 5.74) is 4.61. The van der Waals surface area contributed by atoms with Crippen LogP contribution in [0.1, 0.15) is 11.3 Å². The normalized spacial score (nSPS) is 10.9. The standard InChI is InChI=1S/C12H11BrClN3OS/c1-7-6-19-12(16-7)17-15-5-8-3-9(14)4-10(13)11(8)18-2/h3-6H,1-2H3,(H,16,17). The summed E-state index contributed by atoms with van der Waals surface area (Å²) in [6.07, 6.45) is 1.65. The summed E-state index contributed by atoms with van der Waals surface area (Å²) in [7, 11) is 1.60. The highest BCUT2D eigenvalue weighted by Gasteiger charge is 2.07. The van der Waals surface area contributed by atoms with Crippen molar-refractivity contribution >= 4 is 50.2 Å². The van der Waals surface area contributed by atoms with Gasteiger partial charge in [-0.15, -0.1) is 11.3 Å². The average Bonchev–Trinajstić information content (AvgIpc) is 2.74. The van der Waals surface area contributed by atoms with Gasteiger partial charge in [0.05, 0.1) is 23.5 Å². The molecule has 4 nitrogen and oxygen atoms in total. The Morgan fingerprint density at radius 3 is 2.95 bits per heavy atom. The fraction of sp³-hybridized carbons (Fsp3) is 0.167. The zero-order valence-corrected chi connectivity index (χ0v) is 13.4. The summed E-state index contributed by atoms with van der Waals surface area (Å²) in [4.78, 5) is 4.25. The van der Waals surface area contributed by atoms with Gasteiger partial charge in [0.2, 0.25) is 5.13 Å². The van der Waals surface area contributed by atoms with Crippen LogP contribution in [0.15, 0.2) is 27.1 Å². The number of methoxy groups -OCH3 is 1. The molecule has 0 aliphatic carbocycles. The molecule has 1 aromatic heterocycles. The Hall–Kier alpha value is -1.11. The molecule has 0 amide bonds. The molecule has 0 saturated heterocycles. The number of nitrogens with zero attached hydrogens (tertiary/aromatic N) is 2. The van der Waals surface area contributed by atoms with Crippen molar-refractivity contribution in [3.63, 3.8) is 0 Å². The van der Waals surface area contributed by atoms with E-state index in [0.29, 0.717) is 10.8 Å². The second-order valence-electron chi connectivity index (χ2n) is 3.67. The Morgan fingerprint density at radius 1 is 1.53 bits per heavy atom. The van der Waals surface area contributed by atoms with Gasteiger partial charge < -0.3 is 4.74 Å². The molecule has 0 spiro atoms. The number of thiazole rings is 1. The van der Waals surface area contributed by atoms with E-state index in [1.165, 1.54) is 11.3 Å². The lowest BCUT2D eigenvalue weighted by Crippen LogP contribution is -1.95. The molecule has 1 heterocycles. The van der Waals surface area contributed by atoms with Crippen LogP contribution < -0.4 is 10.2 Å². The zero-order chi connectivity index (χ0) is 13.8. The number of rotatable bonds is 4. The fourth-order valence-electron chi connectivity index (χ4n) is 1.45. The highest BCUT2D eigenvalue weighted by Crippen LogP contribution is 2.31. The van der Waals surface area contributed by atoms with Gasteiger partial charge in [-0.25, -0.2) is 4.98 Å². The van der Waals surface area contributed by atoms with Crippen LogP contribution in [0.3, 0.4) is 0 Å². The molecule has 2 aromatic rings. The van der Waals surface area contributed by atoms with E-state index in [-0.39, 0.29) is 0 Å². The summed E-state index contributed by atoms with van der Waals surface area (Å²) in [6.45, 7) is 1.93. The number of aryl methyl sites for hydroxylation is 1. The van der Waals surface area contributed by atoms with Crippen molar-refractivity contribution in [2.24, 2.45) is 5.10 Å². The summed E-state index contributed by atoms with van der Waals surface area (Å²) in [5, 5.41) is 7.44. The molecule has 0 aliphatic heterocycles. The number of hydrogen-bond acceptors (Lipinski definition) is 5. The number of nitrogens with one attached hydrogen (secondary N) is 1. The Morgan fingerprint density at radius 2 is 2.32 bits per heavy atom. The maximum absolute atomic E-state index is 6.00. The molecule has 19 heavy (non-hydrogen) atoms. The minimum Gasteiger partial charge on any atom is -0.495 e. The molecular formula is C12H11BrClN3OS. The highest BCUT2D eigenvalue weighted by molar-refractivity contribution is 9.10. The van der Waals surface area contributed by atoms with Gasteiger partial charge in [-0.2, -0.15) is 5.10 Å². The first-order chi connectivity index (χ1) is 9.10. The third-order valence-corrected chi connectivity index (χ3v) is 3.90. The number of ether oxygens (including phenoxy) is 1. The van der Waals surface area contributed by atoms with Gasteiger partial charge >= 0.3 is 0 Å². The lowest BCUT2D eigenvalue weighted by atomic mass is 10.2. The Balaban J connectivity index is 2.18. The van der Waals surface area contributed by atoms with E-state index in [1.54, 1.807) is 25.5 Å². The maximum Gasteiger partial charge on any atom is 0.203 e. The summed E-state index contributed by atoms with van der Waals surface area (Å²) < 4.78 is 6.09. The zero-order valence-electron chi connectivity index (χ0n) is 10.3. The van der Waals surface area contributed by atoms with E-state index in [4.69, 9.17) is 16.3 Å². The molecule has 1 N–H and O–H groups in total. The molecule has 7 heteroatoms. The van der Waals surface area contributed by atoms with Crippen LogP contribution in [0.4, 0.5) is 5.13 Å². The first kappa shape index (κ1) is 14.3. The molecule has 0 atom stereocenters. The lowest BCUT2D eigenvalue weighted by Gasteiger charge is -2.07. The number of hydrazone groups is 1. The number of hydrogen-bond donors (Lipinski definition) is 1. The van der Waals surface area contributed by atoms with E-state index >= 15 is 0 Å². The quantitative estimate of drug-likeness (QED) is 0.652.